The van der Waals surface area contributed by atoms with Crippen molar-refractivity contribution >= 4 is 5.91 Å². The van der Waals surface area contributed by atoms with Gasteiger partial charge in [0, 0.05) is 25.3 Å². The van der Waals surface area contributed by atoms with Crippen molar-refractivity contribution in [3.05, 3.63) is 48.2 Å². The summed E-state index contributed by atoms with van der Waals surface area (Å²) in [5.74, 6) is 0.0414. The Morgan fingerprint density at radius 1 is 1.17 bits per heavy atom. The fraction of sp³-hybridized carbons (Fsp3) is 0.700. The molecule has 35 heavy (non-hydrogen) atoms. The number of fused-ring (bicyclic) bond motifs is 1. The highest BCUT2D eigenvalue weighted by molar-refractivity contribution is 5.85. The molecule has 0 bridgehead atoms. The molecule has 1 aromatic rings. The van der Waals surface area contributed by atoms with Crippen LogP contribution >= 0.6 is 0 Å². The molecule has 3 atom stereocenters. The first kappa shape index (κ1) is 27.7. The number of nitrogens with zero attached hydrogens (tertiary/aromatic N) is 2. The lowest BCUT2D eigenvalue weighted by molar-refractivity contribution is -0.127. The first-order chi connectivity index (χ1) is 16.6. The van der Waals surface area contributed by atoms with Gasteiger partial charge in [-0.25, -0.2) is 0 Å². The van der Waals surface area contributed by atoms with Crippen LogP contribution in [0.3, 0.4) is 0 Å². The summed E-state index contributed by atoms with van der Waals surface area (Å²) in [5.41, 5.74) is 2.15. The number of unbranched alkanes of at least 4 members (excludes halogenated alkanes) is 1. The molecular weight excluding hydrogens is 432 g/mol. The summed E-state index contributed by atoms with van der Waals surface area (Å²) in [6.45, 7) is 20.0. The minimum absolute atomic E-state index is 0.00495. The molecule has 0 saturated carbocycles. The monoisotopic (exact) mass is 482 g/mol. The van der Waals surface area contributed by atoms with E-state index in [-0.39, 0.29) is 22.9 Å². The summed E-state index contributed by atoms with van der Waals surface area (Å²) in [4.78, 5) is 18.4. The maximum atomic E-state index is 13.1. The Morgan fingerprint density at radius 3 is 2.54 bits per heavy atom. The summed E-state index contributed by atoms with van der Waals surface area (Å²) in [5, 5.41) is 6.51. The van der Waals surface area contributed by atoms with E-state index in [1.807, 2.05) is 20.9 Å². The van der Waals surface area contributed by atoms with Gasteiger partial charge in [0.1, 0.15) is 0 Å². The Bertz CT molecular complexity index is 853. The van der Waals surface area contributed by atoms with Gasteiger partial charge in [0.2, 0.25) is 5.91 Å². The van der Waals surface area contributed by atoms with Crippen LogP contribution in [0.2, 0.25) is 0 Å². The molecule has 2 saturated heterocycles. The highest BCUT2D eigenvalue weighted by atomic mass is 16.2. The van der Waals surface area contributed by atoms with Crippen LogP contribution in [-0.2, 0) is 11.2 Å². The predicted octanol–water partition coefficient (Wildman–Crippen LogP) is 4.98. The van der Waals surface area contributed by atoms with E-state index in [0.29, 0.717) is 0 Å². The number of nitrogens with one attached hydrogen (secondary N) is 2. The molecule has 5 nitrogen and oxygen atoms in total. The lowest BCUT2D eigenvalue weighted by Crippen LogP contribution is -2.59. The number of rotatable bonds is 11. The molecular formula is C30H50N4O. The first-order valence-corrected chi connectivity index (χ1v) is 13.8. The van der Waals surface area contributed by atoms with Gasteiger partial charge in [-0.15, -0.1) is 0 Å². The average Bonchev–Trinajstić information content (AvgIpc) is 3.01. The fourth-order valence-electron chi connectivity index (χ4n) is 6.03. The van der Waals surface area contributed by atoms with E-state index >= 15 is 0 Å². The van der Waals surface area contributed by atoms with E-state index in [2.05, 4.69) is 78.1 Å². The average molecular weight is 483 g/mol. The van der Waals surface area contributed by atoms with Crippen molar-refractivity contribution in [3.63, 3.8) is 0 Å². The zero-order chi connectivity index (χ0) is 25.7. The number of carbonyl (C=O) groups excluding carboxylic acids is 1. The molecule has 0 radical (unpaired) electrons. The van der Waals surface area contributed by atoms with E-state index in [1.165, 1.54) is 24.8 Å². The van der Waals surface area contributed by atoms with E-state index < -0.39 is 5.54 Å². The molecule has 196 valence electrons. The quantitative estimate of drug-likeness (QED) is 0.467. The SMILES string of the molecule is C=C([C@H](CCCC)NC(=O)C(C)(C)NC)N1CC[C@@]2(C)CCCN(CCc3ccccc3)C[C@@]12C. The summed E-state index contributed by atoms with van der Waals surface area (Å²) < 4.78 is 0. The highest BCUT2D eigenvalue weighted by Crippen LogP contribution is 2.52. The van der Waals surface area contributed by atoms with Crippen LogP contribution in [0.4, 0.5) is 0 Å². The van der Waals surface area contributed by atoms with Gasteiger partial charge in [-0.2, -0.15) is 0 Å². The highest BCUT2D eigenvalue weighted by Gasteiger charge is 2.55. The summed E-state index contributed by atoms with van der Waals surface area (Å²) >= 11 is 0. The van der Waals surface area contributed by atoms with Crippen molar-refractivity contribution in [2.24, 2.45) is 5.41 Å². The van der Waals surface area contributed by atoms with Gasteiger partial charge in [0.25, 0.3) is 0 Å². The molecule has 0 spiro atoms. The second-order valence-corrected chi connectivity index (χ2v) is 11.9. The Morgan fingerprint density at radius 2 is 1.89 bits per heavy atom. The number of hydrogen-bond acceptors (Lipinski definition) is 4. The minimum atomic E-state index is -0.606. The Labute approximate surface area is 214 Å². The van der Waals surface area contributed by atoms with Gasteiger partial charge >= 0.3 is 0 Å². The smallest absolute Gasteiger partial charge is 0.240 e. The molecule has 2 aliphatic heterocycles. The third-order valence-electron chi connectivity index (χ3n) is 9.17. The van der Waals surface area contributed by atoms with Crippen LogP contribution in [0.15, 0.2) is 42.6 Å². The van der Waals surface area contributed by atoms with Gasteiger partial charge < -0.3 is 20.4 Å². The number of hydrogen-bond donors (Lipinski definition) is 2. The van der Waals surface area contributed by atoms with Gasteiger partial charge in [-0.1, -0.05) is 63.6 Å². The van der Waals surface area contributed by atoms with Crippen molar-refractivity contribution in [1.29, 1.82) is 0 Å². The topological polar surface area (TPSA) is 47.6 Å². The first-order valence-electron chi connectivity index (χ1n) is 13.8. The van der Waals surface area contributed by atoms with Crippen LogP contribution in [0.25, 0.3) is 0 Å². The molecule has 0 unspecified atom stereocenters. The molecule has 2 fully saturated rings. The molecule has 2 aliphatic rings. The van der Waals surface area contributed by atoms with Crippen molar-refractivity contribution in [3.8, 4) is 0 Å². The second-order valence-electron chi connectivity index (χ2n) is 11.9. The van der Waals surface area contributed by atoms with Gasteiger partial charge in [0.15, 0.2) is 0 Å². The van der Waals surface area contributed by atoms with Crippen LogP contribution < -0.4 is 10.6 Å². The maximum absolute atomic E-state index is 13.1. The molecule has 2 N–H and O–H groups in total. The molecule has 0 aliphatic carbocycles. The van der Waals surface area contributed by atoms with E-state index in [0.717, 1.165) is 57.6 Å². The number of amides is 1. The lowest BCUT2D eigenvalue weighted by atomic mass is 9.70. The maximum Gasteiger partial charge on any atom is 0.240 e. The number of likely N-dealkylation sites (N-methyl/N-ethyl adjacent to an activating group) is 1. The van der Waals surface area contributed by atoms with Gasteiger partial charge in [0.05, 0.1) is 17.1 Å². The Balaban J connectivity index is 1.79. The number of likely N-dealkylation sites (tertiary alicyclic amines) is 2. The lowest BCUT2D eigenvalue weighted by Gasteiger charge is -2.49. The van der Waals surface area contributed by atoms with E-state index in [1.54, 1.807) is 0 Å². The van der Waals surface area contributed by atoms with Gasteiger partial charge in [-0.05, 0) is 77.4 Å². The normalized spacial score (nSPS) is 26.2. The summed E-state index contributed by atoms with van der Waals surface area (Å²) in [6, 6.07) is 10.8. The molecule has 5 heteroatoms. The zero-order valence-corrected chi connectivity index (χ0v) is 23.3. The molecule has 1 aromatic carbocycles. The van der Waals surface area contributed by atoms with Crippen LogP contribution in [0.1, 0.15) is 78.7 Å². The van der Waals surface area contributed by atoms with Crippen molar-refractivity contribution < 1.29 is 4.79 Å². The summed E-state index contributed by atoms with van der Waals surface area (Å²) in [7, 11) is 1.85. The number of carbonyl (C=O) groups is 1. The van der Waals surface area contributed by atoms with Crippen molar-refractivity contribution in [1.82, 2.24) is 20.4 Å². The van der Waals surface area contributed by atoms with Crippen molar-refractivity contribution in [2.75, 3.05) is 33.2 Å². The molecule has 3 rings (SSSR count). The fourth-order valence-corrected chi connectivity index (χ4v) is 6.03. The zero-order valence-electron chi connectivity index (χ0n) is 23.3. The van der Waals surface area contributed by atoms with Crippen molar-refractivity contribution in [2.45, 2.75) is 96.7 Å². The Hall–Kier alpha value is -1.85. The summed E-state index contributed by atoms with van der Waals surface area (Å²) in [6.07, 6.45) is 7.88. The Kier molecular flexibility index (Phi) is 9.09. The van der Waals surface area contributed by atoms with E-state index in [4.69, 9.17) is 0 Å². The van der Waals surface area contributed by atoms with Crippen LogP contribution in [0.5, 0.6) is 0 Å². The van der Waals surface area contributed by atoms with E-state index in [9.17, 15) is 4.79 Å². The standard InChI is InChI=1S/C30H50N4O/c1-8-9-16-26(32-27(35)28(3,4)31-7)24(2)34-22-19-29(5)18-13-20-33(23-30(29,34)6)21-17-25-14-11-10-12-15-25/h10-12,14-15,26,31H,2,8-9,13,16-23H2,1,3-7H3,(H,32,35)/t26-,29+,30+/m0/s1. The number of benzene rings is 1. The largest absolute Gasteiger partial charge is 0.366 e. The van der Waals surface area contributed by atoms with Crippen LogP contribution in [-0.4, -0.2) is 66.1 Å². The minimum Gasteiger partial charge on any atom is -0.366 e. The second kappa shape index (κ2) is 11.5. The van der Waals surface area contributed by atoms with Gasteiger partial charge in [-0.3, -0.25) is 4.79 Å². The third kappa shape index (κ3) is 6.11. The third-order valence-corrected chi connectivity index (χ3v) is 9.17. The molecule has 1 amide bonds. The predicted molar refractivity (Wildman–Crippen MR) is 147 cm³/mol. The molecule has 0 aromatic heterocycles. The van der Waals surface area contributed by atoms with Crippen LogP contribution in [0, 0.1) is 5.41 Å². The molecule has 2 heterocycles.